The molecule has 6 heteroatoms. The van der Waals surface area contributed by atoms with E-state index in [1.54, 1.807) is 18.3 Å². The van der Waals surface area contributed by atoms with Gasteiger partial charge in [0.2, 0.25) is 0 Å². The summed E-state index contributed by atoms with van der Waals surface area (Å²) in [7, 11) is 1.51. The van der Waals surface area contributed by atoms with Crippen LogP contribution in [0.3, 0.4) is 0 Å². The summed E-state index contributed by atoms with van der Waals surface area (Å²) in [6.07, 6.45) is 17.6. The van der Waals surface area contributed by atoms with Crippen LogP contribution in [0.15, 0.2) is 83.6 Å². The second kappa shape index (κ2) is 13.4. The molecule has 0 bridgehead atoms. The highest BCUT2D eigenvalue weighted by atomic mass is 19.1. The van der Waals surface area contributed by atoms with Gasteiger partial charge in [-0.1, -0.05) is 56.0 Å². The van der Waals surface area contributed by atoms with Gasteiger partial charge in [-0.2, -0.15) is 0 Å². The number of allylic oxidation sites excluding steroid dienone is 7. The van der Waals surface area contributed by atoms with E-state index in [0.717, 1.165) is 59.1 Å². The van der Waals surface area contributed by atoms with Crippen LogP contribution >= 0.6 is 0 Å². The summed E-state index contributed by atoms with van der Waals surface area (Å²) in [5.74, 6) is 0.612. The lowest BCUT2D eigenvalue weighted by Crippen LogP contribution is -2.27. The van der Waals surface area contributed by atoms with Gasteiger partial charge in [-0.05, 0) is 79.4 Å². The molecule has 2 aromatic rings. The molecule has 0 saturated heterocycles. The summed E-state index contributed by atoms with van der Waals surface area (Å²) in [6.45, 7) is 5.80. The van der Waals surface area contributed by atoms with Gasteiger partial charge in [0, 0.05) is 47.3 Å². The minimum Gasteiger partial charge on any atom is -0.496 e. The molecule has 3 N–H and O–H groups in total. The van der Waals surface area contributed by atoms with E-state index in [1.165, 1.54) is 13.2 Å². The van der Waals surface area contributed by atoms with E-state index < -0.39 is 5.82 Å². The topological polar surface area (TPSA) is 88.5 Å². The second-order valence-corrected chi connectivity index (χ2v) is 11.5. The number of nitrogens with two attached hydrogens (primary N) is 1. The summed E-state index contributed by atoms with van der Waals surface area (Å²) in [4.78, 5) is 18.1. The zero-order chi connectivity index (χ0) is 30.5. The van der Waals surface area contributed by atoms with E-state index >= 15 is 4.39 Å². The minimum absolute atomic E-state index is 0.177. The van der Waals surface area contributed by atoms with Gasteiger partial charge >= 0.3 is 0 Å². The van der Waals surface area contributed by atoms with Crippen LogP contribution in [0.1, 0.15) is 84.5 Å². The number of aryl methyl sites for hydroxylation is 1. The van der Waals surface area contributed by atoms with Crippen molar-refractivity contribution in [1.29, 1.82) is 5.41 Å². The van der Waals surface area contributed by atoms with Crippen molar-refractivity contribution in [2.24, 2.45) is 16.6 Å². The summed E-state index contributed by atoms with van der Waals surface area (Å²) < 4.78 is 20.8. The number of halogens is 1. The minimum atomic E-state index is -0.390. The quantitative estimate of drug-likeness (QED) is 0.233. The van der Waals surface area contributed by atoms with Gasteiger partial charge in [0.05, 0.1) is 24.1 Å². The number of aliphatic imine (C=N–C) groups is 1. The van der Waals surface area contributed by atoms with E-state index in [-0.39, 0.29) is 11.8 Å². The third-order valence-corrected chi connectivity index (χ3v) is 8.80. The molecule has 43 heavy (non-hydrogen) atoms. The van der Waals surface area contributed by atoms with Gasteiger partial charge in [-0.25, -0.2) is 4.39 Å². The maximum absolute atomic E-state index is 15.5. The van der Waals surface area contributed by atoms with Gasteiger partial charge in [0.25, 0.3) is 0 Å². The van der Waals surface area contributed by atoms with Crippen LogP contribution in [-0.2, 0) is 6.42 Å². The van der Waals surface area contributed by atoms with E-state index in [4.69, 9.17) is 15.5 Å². The standard InChI is InChI=1S/C37H40FN3O2/c1-4-24-20-25(13-16-30(24)33(42)19-23-11-14-28(39)15-12-23)36(40)32-10-8-6-7-9-26-21-27(22-41-37(26)32)31-17-18-34(43-3)29(5-2)35(31)38/h5-7,9-10,13,16-18,20,22-23,28,40H,2,4,8,11-12,14-15,19,21,39H2,1,3H3/b7-6-,26-9-,32-10?,40-36?. The zero-order valence-electron chi connectivity index (χ0n) is 25.1. The van der Waals surface area contributed by atoms with Crippen molar-refractivity contribution >= 4 is 28.9 Å². The Labute approximate surface area is 254 Å². The molecular formula is C37H40FN3O2. The number of ether oxygens (including phenoxy) is 1. The molecule has 1 fully saturated rings. The number of hydrogen-bond acceptors (Lipinski definition) is 5. The summed E-state index contributed by atoms with van der Waals surface area (Å²) in [5.41, 5.74) is 12.8. The number of carbonyl (C=O) groups is 1. The van der Waals surface area contributed by atoms with Gasteiger partial charge in [0.1, 0.15) is 11.6 Å². The number of methoxy groups -OCH3 is 1. The fourth-order valence-electron chi connectivity index (χ4n) is 6.30. The van der Waals surface area contributed by atoms with Crippen LogP contribution < -0.4 is 10.5 Å². The third kappa shape index (κ3) is 6.45. The number of nitrogens with zero attached hydrogens (tertiary/aromatic N) is 1. The lowest BCUT2D eigenvalue weighted by Gasteiger charge is -2.25. The van der Waals surface area contributed by atoms with Crippen LogP contribution in [0.2, 0.25) is 0 Å². The van der Waals surface area contributed by atoms with Crippen molar-refractivity contribution < 1.29 is 13.9 Å². The average molecular weight is 578 g/mol. The Bertz CT molecular complexity index is 1600. The first-order valence-electron chi connectivity index (χ1n) is 15.2. The Morgan fingerprint density at radius 2 is 1.98 bits per heavy atom. The number of rotatable bonds is 9. The van der Waals surface area contributed by atoms with Crippen LogP contribution in [0.25, 0.3) is 11.6 Å². The van der Waals surface area contributed by atoms with E-state index in [0.29, 0.717) is 59.9 Å². The fourth-order valence-corrected chi connectivity index (χ4v) is 6.30. The summed E-state index contributed by atoms with van der Waals surface area (Å²) >= 11 is 0. The van der Waals surface area contributed by atoms with E-state index in [1.807, 2.05) is 49.4 Å². The van der Waals surface area contributed by atoms with Crippen molar-refractivity contribution in [3.8, 4) is 5.75 Å². The molecule has 0 aromatic heterocycles. The largest absolute Gasteiger partial charge is 0.496 e. The van der Waals surface area contributed by atoms with Crippen molar-refractivity contribution in [2.75, 3.05) is 7.11 Å². The Kier molecular flexibility index (Phi) is 9.46. The Morgan fingerprint density at radius 3 is 2.70 bits per heavy atom. The summed E-state index contributed by atoms with van der Waals surface area (Å²) in [5, 5.41) is 9.23. The number of nitrogens with one attached hydrogen (secondary N) is 1. The molecule has 2 aliphatic carbocycles. The predicted octanol–water partition coefficient (Wildman–Crippen LogP) is 8.20. The maximum atomic E-state index is 15.5. The molecule has 1 saturated carbocycles. The predicted molar refractivity (Wildman–Crippen MR) is 175 cm³/mol. The number of benzene rings is 2. The lowest BCUT2D eigenvalue weighted by molar-refractivity contribution is 0.0947. The highest BCUT2D eigenvalue weighted by Crippen LogP contribution is 2.36. The van der Waals surface area contributed by atoms with Crippen molar-refractivity contribution in [2.45, 2.75) is 64.3 Å². The van der Waals surface area contributed by atoms with Gasteiger partial charge in [-0.15, -0.1) is 0 Å². The highest BCUT2D eigenvalue weighted by molar-refractivity contribution is 6.34. The molecule has 1 heterocycles. The molecule has 0 unspecified atom stereocenters. The van der Waals surface area contributed by atoms with Gasteiger partial charge in [0.15, 0.2) is 5.78 Å². The Hall–Kier alpha value is -4.16. The first-order chi connectivity index (χ1) is 20.8. The SMILES string of the molecule is C=Cc1c(OC)ccc(C2=CN=C3C(C(=N)c4ccc(C(=O)CC5CCC(N)CC5)c(CC)c4)=CC/C=C\C=C/3C2)c1F. The van der Waals surface area contributed by atoms with Crippen molar-refractivity contribution in [3.05, 3.63) is 112 Å². The molecule has 0 spiro atoms. The first kappa shape index (κ1) is 30.3. The number of hydrogen-bond donors (Lipinski definition) is 2. The normalized spacial score (nSPS) is 22.0. The van der Waals surface area contributed by atoms with E-state index in [2.05, 4.69) is 6.58 Å². The van der Waals surface area contributed by atoms with Crippen LogP contribution in [-0.4, -0.2) is 30.4 Å². The van der Waals surface area contributed by atoms with Crippen LogP contribution in [0.5, 0.6) is 5.75 Å². The van der Waals surface area contributed by atoms with Gasteiger partial charge < -0.3 is 10.5 Å². The molecule has 222 valence electrons. The van der Waals surface area contributed by atoms with Crippen LogP contribution in [0.4, 0.5) is 4.39 Å². The average Bonchev–Trinajstić information content (AvgIpc) is 3.01. The van der Waals surface area contributed by atoms with Crippen LogP contribution in [0, 0.1) is 17.1 Å². The molecular weight excluding hydrogens is 537 g/mol. The van der Waals surface area contributed by atoms with Crippen molar-refractivity contribution in [3.63, 3.8) is 0 Å². The zero-order valence-corrected chi connectivity index (χ0v) is 25.1. The van der Waals surface area contributed by atoms with E-state index in [9.17, 15) is 10.2 Å². The second-order valence-electron chi connectivity index (χ2n) is 11.5. The molecule has 3 aliphatic rings. The Morgan fingerprint density at radius 1 is 1.19 bits per heavy atom. The monoisotopic (exact) mass is 577 g/mol. The fraction of sp³-hybridized carbons (Fsp3) is 0.324. The van der Waals surface area contributed by atoms with Gasteiger partial charge in [-0.3, -0.25) is 15.2 Å². The molecule has 0 atom stereocenters. The highest BCUT2D eigenvalue weighted by Gasteiger charge is 2.26. The molecule has 0 amide bonds. The first-order valence-corrected chi connectivity index (χ1v) is 15.2. The molecule has 0 radical (unpaired) electrons. The number of Topliss-reactive ketones (excluding diaryl/α,β-unsaturated/α-hetero) is 1. The molecule has 1 aliphatic heterocycles. The molecule has 5 rings (SSSR count). The summed E-state index contributed by atoms with van der Waals surface area (Å²) in [6, 6.07) is 9.49. The number of fused-ring (bicyclic) bond motifs is 1. The lowest BCUT2D eigenvalue weighted by atomic mass is 9.81. The molecule has 5 nitrogen and oxygen atoms in total. The third-order valence-electron chi connectivity index (χ3n) is 8.80. The number of carbonyl (C=O) groups excluding carboxylic acids is 1. The Balaban J connectivity index is 1.43. The number of ketones is 1. The smallest absolute Gasteiger partial charge is 0.163 e. The molecule has 2 aromatic carbocycles. The maximum Gasteiger partial charge on any atom is 0.163 e. The van der Waals surface area contributed by atoms with Crippen molar-refractivity contribution in [1.82, 2.24) is 0 Å².